The van der Waals surface area contributed by atoms with Crippen LogP contribution >= 0.6 is 0 Å². The highest BCUT2D eigenvalue weighted by Crippen LogP contribution is 2.41. The van der Waals surface area contributed by atoms with Crippen LogP contribution in [0.1, 0.15) is 39.2 Å². The van der Waals surface area contributed by atoms with Gasteiger partial charge < -0.3 is 19.3 Å². The minimum atomic E-state index is -1.19. The first-order chi connectivity index (χ1) is 11.6. The van der Waals surface area contributed by atoms with Crippen LogP contribution in [0, 0.1) is 10.1 Å². The van der Waals surface area contributed by atoms with E-state index in [2.05, 4.69) is 0 Å². The summed E-state index contributed by atoms with van der Waals surface area (Å²) < 4.78 is 11.2. The van der Waals surface area contributed by atoms with Gasteiger partial charge in [-0.1, -0.05) is 0 Å². The molecular weight excluding hydrogens is 327 g/mol. The fourth-order valence-electron chi connectivity index (χ4n) is 3.39. The molecule has 1 fully saturated rings. The molecule has 1 aromatic rings. The quantitative estimate of drug-likeness (QED) is 0.469. The fourth-order valence-corrected chi connectivity index (χ4v) is 3.39. The van der Waals surface area contributed by atoms with E-state index >= 15 is 0 Å². The molecule has 1 saturated heterocycles. The monoisotopic (exact) mass is 348 g/mol. The SMILES string of the molecule is CC(C)(C)OC(=O)N1CCC2(CC1)OB(O)c1cc([N+](=O)[O-])ccc12. The summed E-state index contributed by atoms with van der Waals surface area (Å²) in [6, 6.07) is 4.42. The van der Waals surface area contributed by atoms with Crippen molar-refractivity contribution in [3.05, 3.63) is 33.9 Å². The number of benzene rings is 1. The van der Waals surface area contributed by atoms with Crippen molar-refractivity contribution in [2.45, 2.75) is 44.8 Å². The van der Waals surface area contributed by atoms with Gasteiger partial charge in [0.15, 0.2) is 0 Å². The van der Waals surface area contributed by atoms with Crippen LogP contribution in [0.4, 0.5) is 10.5 Å². The Morgan fingerprint density at radius 1 is 1.40 bits per heavy atom. The summed E-state index contributed by atoms with van der Waals surface area (Å²) in [6.45, 7) is 6.30. The molecule has 3 rings (SSSR count). The average molecular weight is 348 g/mol. The van der Waals surface area contributed by atoms with Gasteiger partial charge in [0.1, 0.15) is 5.60 Å². The van der Waals surface area contributed by atoms with Gasteiger partial charge in [-0.2, -0.15) is 0 Å². The van der Waals surface area contributed by atoms with Crippen LogP contribution in [0.2, 0.25) is 0 Å². The number of nitro benzene ring substituents is 1. The molecule has 0 aliphatic carbocycles. The molecule has 0 unspecified atom stereocenters. The second-order valence-electron chi connectivity index (χ2n) is 7.46. The molecule has 0 atom stereocenters. The van der Waals surface area contributed by atoms with Crippen molar-refractivity contribution in [1.82, 2.24) is 4.90 Å². The Kier molecular flexibility index (Phi) is 4.24. The molecule has 25 heavy (non-hydrogen) atoms. The molecule has 0 aromatic heterocycles. The third kappa shape index (κ3) is 3.34. The van der Waals surface area contributed by atoms with Crippen LogP contribution < -0.4 is 5.46 Å². The van der Waals surface area contributed by atoms with Crippen LogP contribution in [0.15, 0.2) is 18.2 Å². The summed E-state index contributed by atoms with van der Waals surface area (Å²) in [7, 11) is -1.19. The molecule has 8 nitrogen and oxygen atoms in total. The standard InChI is InChI=1S/C16H21BN2O6/c1-15(2,3)24-14(20)18-8-6-16(7-9-18)12-5-4-11(19(22)23)10-13(12)17(21)25-16/h4-5,10,21H,6-9H2,1-3H3. The Morgan fingerprint density at radius 3 is 2.60 bits per heavy atom. The number of carbonyl (C=O) groups is 1. The summed E-state index contributed by atoms with van der Waals surface area (Å²) in [5.41, 5.74) is -0.167. The van der Waals surface area contributed by atoms with E-state index in [9.17, 15) is 19.9 Å². The van der Waals surface area contributed by atoms with E-state index in [0.717, 1.165) is 5.56 Å². The maximum atomic E-state index is 12.2. The highest BCUT2D eigenvalue weighted by molar-refractivity contribution is 6.62. The summed E-state index contributed by atoms with van der Waals surface area (Å²) in [4.78, 5) is 24.2. The number of piperidine rings is 1. The first-order valence-electron chi connectivity index (χ1n) is 8.24. The molecule has 0 bridgehead atoms. The van der Waals surface area contributed by atoms with Gasteiger partial charge in [-0.15, -0.1) is 0 Å². The zero-order chi connectivity index (χ0) is 18.4. The second-order valence-corrected chi connectivity index (χ2v) is 7.46. The molecule has 1 amide bonds. The lowest BCUT2D eigenvalue weighted by atomic mass is 9.76. The maximum Gasteiger partial charge on any atom is 0.492 e. The second kappa shape index (κ2) is 6.00. The average Bonchev–Trinajstić information content (AvgIpc) is 2.78. The lowest BCUT2D eigenvalue weighted by Gasteiger charge is -2.40. The number of rotatable bonds is 1. The lowest BCUT2D eigenvalue weighted by molar-refractivity contribution is -0.384. The molecule has 1 spiro atoms. The minimum absolute atomic E-state index is 0.0790. The van der Waals surface area contributed by atoms with Gasteiger partial charge in [-0.25, -0.2) is 4.79 Å². The first kappa shape index (κ1) is 17.7. The van der Waals surface area contributed by atoms with Crippen molar-refractivity contribution in [2.75, 3.05) is 13.1 Å². The number of fused-ring (bicyclic) bond motifs is 2. The molecule has 2 heterocycles. The Hall–Kier alpha value is -2.13. The molecule has 2 aliphatic rings. The Balaban J connectivity index is 1.77. The summed E-state index contributed by atoms with van der Waals surface area (Å²) >= 11 is 0. The van der Waals surface area contributed by atoms with Gasteiger partial charge in [-0.05, 0) is 50.7 Å². The lowest BCUT2D eigenvalue weighted by Crippen LogP contribution is -2.47. The van der Waals surface area contributed by atoms with Crippen molar-refractivity contribution in [2.24, 2.45) is 0 Å². The van der Waals surface area contributed by atoms with Gasteiger partial charge in [0.05, 0.1) is 10.5 Å². The molecule has 0 saturated carbocycles. The molecule has 9 heteroatoms. The molecule has 1 aromatic carbocycles. The van der Waals surface area contributed by atoms with Crippen molar-refractivity contribution in [3.63, 3.8) is 0 Å². The van der Waals surface area contributed by atoms with Gasteiger partial charge in [-0.3, -0.25) is 10.1 Å². The van der Waals surface area contributed by atoms with E-state index in [1.54, 1.807) is 11.0 Å². The van der Waals surface area contributed by atoms with Gasteiger partial charge in [0.2, 0.25) is 0 Å². The van der Waals surface area contributed by atoms with Crippen LogP contribution in [0.25, 0.3) is 0 Å². The van der Waals surface area contributed by atoms with Crippen molar-refractivity contribution in [3.8, 4) is 0 Å². The molecule has 1 N–H and O–H groups in total. The minimum Gasteiger partial charge on any atom is -0.444 e. The highest BCUT2D eigenvalue weighted by Gasteiger charge is 2.49. The molecule has 134 valence electrons. The van der Waals surface area contributed by atoms with Crippen molar-refractivity contribution >= 4 is 24.4 Å². The van der Waals surface area contributed by atoms with E-state index in [1.807, 2.05) is 20.8 Å². The van der Waals surface area contributed by atoms with E-state index in [-0.39, 0.29) is 11.8 Å². The number of hydrogen-bond donors (Lipinski definition) is 1. The smallest absolute Gasteiger partial charge is 0.444 e. The third-order valence-corrected chi connectivity index (χ3v) is 4.56. The van der Waals surface area contributed by atoms with Crippen LogP contribution in [-0.4, -0.2) is 46.7 Å². The van der Waals surface area contributed by atoms with Crippen LogP contribution in [0.5, 0.6) is 0 Å². The normalized spacial score (nSPS) is 19.0. The highest BCUT2D eigenvalue weighted by atomic mass is 16.6. The van der Waals surface area contributed by atoms with Crippen molar-refractivity contribution < 1.29 is 24.1 Å². The van der Waals surface area contributed by atoms with Crippen molar-refractivity contribution in [1.29, 1.82) is 0 Å². The van der Waals surface area contributed by atoms with Gasteiger partial charge in [0, 0.05) is 25.2 Å². The zero-order valence-electron chi connectivity index (χ0n) is 14.5. The number of likely N-dealkylation sites (tertiary alicyclic amines) is 1. The summed E-state index contributed by atoms with van der Waals surface area (Å²) in [5, 5.41) is 21.1. The summed E-state index contributed by atoms with van der Waals surface area (Å²) in [5.74, 6) is 0. The Morgan fingerprint density at radius 2 is 2.04 bits per heavy atom. The molecule has 0 radical (unpaired) electrons. The predicted molar refractivity (Wildman–Crippen MR) is 90.5 cm³/mol. The fraction of sp³-hybridized carbons (Fsp3) is 0.562. The number of nitrogens with zero attached hydrogens (tertiary/aromatic N) is 2. The van der Waals surface area contributed by atoms with Crippen LogP contribution in [-0.2, 0) is 15.0 Å². The van der Waals surface area contributed by atoms with E-state index in [1.165, 1.54) is 12.1 Å². The third-order valence-electron chi connectivity index (χ3n) is 4.56. The van der Waals surface area contributed by atoms with E-state index in [0.29, 0.717) is 31.4 Å². The zero-order valence-corrected chi connectivity index (χ0v) is 14.5. The Labute approximate surface area is 146 Å². The number of non-ortho nitro benzene ring substituents is 1. The predicted octanol–water partition coefficient (Wildman–Crippen LogP) is 1.54. The number of carbonyl (C=O) groups excluding carboxylic acids is 1. The number of hydrogen-bond acceptors (Lipinski definition) is 6. The van der Waals surface area contributed by atoms with E-state index in [4.69, 9.17) is 9.39 Å². The maximum absolute atomic E-state index is 12.2. The number of amides is 1. The number of ether oxygens (including phenoxy) is 1. The van der Waals surface area contributed by atoms with Crippen LogP contribution in [0.3, 0.4) is 0 Å². The largest absolute Gasteiger partial charge is 0.492 e. The van der Waals surface area contributed by atoms with Gasteiger partial charge in [0.25, 0.3) is 5.69 Å². The molecular formula is C16H21BN2O6. The topological polar surface area (TPSA) is 102 Å². The van der Waals surface area contributed by atoms with Gasteiger partial charge >= 0.3 is 13.2 Å². The molecule has 2 aliphatic heterocycles. The number of nitro groups is 1. The Bertz CT molecular complexity index is 709. The first-order valence-corrected chi connectivity index (χ1v) is 8.24. The van der Waals surface area contributed by atoms with E-state index < -0.39 is 23.2 Å². The summed E-state index contributed by atoms with van der Waals surface area (Å²) in [6.07, 6.45) is 0.618.